The second-order valence-electron chi connectivity index (χ2n) is 7.33. The molecule has 144 valence electrons. The smallest absolute Gasteiger partial charge is 0.349 e. The number of benzene rings is 1. The molecule has 1 unspecified atom stereocenters. The van der Waals surface area contributed by atoms with Gasteiger partial charge in [0.2, 0.25) is 0 Å². The van der Waals surface area contributed by atoms with Crippen LogP contribution in [0.2, 0.25) is 0 Å². The Morgan fingerprint density at radius 3 is 2.89 bits per heavy atom. The van der Waals surface area contributed by atoms with Crippen LogP contribution in [0.15, 0.2) is 51.8 Å². The van der Waals surface area contributed by atoms with Crippen LogP contribution in [0, 0.1) is 6.92 Å². The summed E-state index contributed by atoms with van der Waals surface area (Å²) in [6.07, 6.45) is 5.62. The Balaban J connectivity index is 1.44. The molecule has 2 aromatic heterocycles. The number of aromatic nitrogens is 2. The van der Waals surface area contributed by atoms with Crippen LogP contribution in [0.5, 0.6) is 0 Å². The molecule has 6 nitrogen and oxygen atoms in total. The number of rotatable bonds is 5. The van der Waals surface area contributed by atoms with E-state index in [0.29, 0.717) is 24.2 Å². The zero-order valence-electron chi connectivity index (χ0n) is 15.8. The van der Waals surface area contributed by atoms with E-state index in [-0.39, 0.29) is 17.5 Å². The highest BCUT2D eigenvalue weighted by atomic mass is 16.4. The molecule has 1 atom stereocenters. The van der Waals surface area contributed by atoms with Crippen molar-refractivity contribution < 1.29 is 9.21 Å². The maximum Gasteiger partial charge on any atom is 0.349 e. The quantitative estimate of drug-likeness (QED) is 0.716. The summed E-state index contributed by atoms with van der Waals surface area (Å²) in [5.74, 6) is 0.233. The highest BCUT2D eigenvalue weighted by Crippen LogP contribution is 2.19. The third-order valence-corrected chi connectivity index (χ3v) is 5.29. The van der Waals surface area contributed by atoms with Crippen LogP contribution in [0.3, 0.4) is 0 Å². The standard InChI is InChI=1S/C22H23N3O3/c1-14-11-18(10-7-15-5-3-2-4-6-15)28-22(27)20(14)21(26)24-17-9-8-16-13-23-25-19(16)12-17/h2-6,11,13,17H,7-10,12H2,1H3,(H,23,25)(H,24,26). The van der Waals surface area contributed by atoms with Gasteiger partial charge in [-0.2, -0.15) is 5.10 Å². The lowest BCUT2D eigenvalue weighted by Crippen LogP contribution is -2.40. The van der Waals surface area contributed by atoms with E-state index in [1.807, 2.05) is 36.5 Å². The highest BCUT2D eigenvalue weighted by Gasteiger charge is 2.24. The maximum absolute atomic E-state index is 12.7. The van der Waals surface area contributed by atoms with Gasteiger partial charge >= 0.3 is 5.63 Å². The second-order valence-corrected chi connectivity index (χ2v) is 7.33. The molecule has 0 saturated heterocycles. The molecule has 28 heavy (non-hydrogen) atoms. The molecule has 3 aromatic rings. The molecule has 0 bridgehead atoms. The number of carbonyl (C=O) groups excluding carboxylic acids is 1. The Hall–Kier alpha value is -3.15. The van der Waals surface area contributed by atoms with E-state index < -0.39 is 5.63 Å². The minimum absolute atomic E-state index is 0.0167. The lowest BCUT2D eigenvalue weighted by Gasteiger charge is -2.22. The first-order chi connectivity index (χ1) is 13.6. The summed E-state index contributed by atoms with van der Waals surface area (Å²) < 4.78 is 5.43. The molecule has 2 N–H and O–H groups in total. The number of nitrogens with zero attached hydrogens (tertiary/aromatic N) is 1. The van der Waals surface area contributed by atoms with E-state index in [9.17, 15) is 9.59 Å². The molecule has 1 amide bonds. The van der Waals surface area contributed by atoms with Crippen molar-refractivity contribution in [1.82, 2.24) is 15.5 Å². The fourth-order valence-electron chi connectivity index (χ4n) is 3.77. The van der Waals surface area contributed by atoms with Gasteiger partial charge < -0.3 is 9.73 Å². The van der Waals surface area contributed by atoms with E-state index in [0.717, 1.165) is 25.0 Å². The molecule has 0 radical (unpaired) electrons. The number of fused-ring (bicyclic) bond motifs is 1. The van der Waals surface area contributed by atoms with Gasteiger partial charge in [-0.25, -0.2) is 4.79 Å². The molecule has 1 aliphatic carbocycles. The molecule has 0 fully saturated rings. The van der Waals surface area contributed by atoms with Crippen molar-refractivity contribution >= 4 is 5.91 Å². The Morgan fingerprint density at radius 2 is 2.11 bits per heavy atom. The van der Waals surface area contributed by atoms with Crippen molar-refractivity contribution in [2.75, 3.05) is 0 Å². The first-order valence-corrected chi connectivity index (χ1v) is 9.59. The fourth-order valence-corrected chi connectivity index (χ4v) is 3.77. The molecule has 0 spiro atoms. The van der Waals surface area contributed by atoms with Crippen LogP contribution in [0.1, 0.15) is 44.9 Å². The molecule has 6 heteroatoms. The Morgan fingerprint density at radius 1 is 1.29 bits per heavy atom. The third-order valence-electron chi connectivity index (χ3n) is 5.29. The summed E-state index contributed by atoms with van der Waals surface area (Å²) in [6.45, 7) is 1.78. The zero-order valence-corrected chi connectivity index (χ0v) is 15.8. The molecule has 0 saturated carbocycles. The van der Waals surface area contributed by atoms with Crippen LogP contribution in [0.4, 0.5) is 0 Å². The largest absolute Gasteiger partial charge is 0.427 e. The normalized spacial score (nSPS) is 15.8. The number of aryl methyl sites for hydroxylation is 4. The van der Waals surface area contributed by atoms with Gasteiger partial charge in [-0.05, 0) is 48.9 Å². The average molecular weight is 377 g/mol. The zero-order chi connectivity index (χ0) is 19.5. The van der Waals surface area contributed by atoms with Crippen LogP contribution in [-0.4, -0.2) is 22.1 Å². The number of nitrogens with one attached hydrogen (secondary N) is 2. The summed E-state index contributed by atoms with van der Waals surface area (Å²) in [7, 11) is 0. The summed E-state index contributed by atoms with van der Waals surface area (Å²) in [6, 6.07) is 11.8. The van der Waals surface area contributed by atoms with Gasteiger partial charge in [0, 0.05) is 24.6 Å². The van der Waals surface area contributed by atoms with Crippen molar-refractivity contribution in [3.8, 4) is 0 Å². The molecule has 0 aliphatic heterocycles. The van der Waals surface area contributed by atoms with Crippen LogP contribution >= 0.6 is 0 Å². The van der Waals surface area contributed by atoms with E-state index in [1.165, 1.54) is 11.1 Å². The number of carbonyl (C=O) groups is 1. The molecule has 4 rings (SSSR count). The van der Waals surface area contributed by atoms with E-state index in [2.05, 4.69) is 15.5 Å². The molecule has 1 aliphatic rings. The molecule has 1 aromatic carbocycles. The molecular weight excluding hydrogens is 354 g/mol. The van der Waals surface area contributed by atoms with Crippen molar-refractivity contribution in [1.29, 1.82) is 0 Å². The first kappa shape index (κ1) is 18.2. The molecular formula is C22H23N3O3. The topological polar surface area (TPSA) is 88.0 Å². The second kappa shape index (κ2) is 7.84. The lowest BCUT2D eigenvalue weighted by atomic mass is 9.93. The Kier molecular flexibility index (Phi) is 5.10. The number of aromatic amines is 1. The fraction of sp³-hybridized carbons (Fsp3) is 0.318. The van der Waals surface area contributed by atoms with Gasteiger partial charge in [-0.1, -0.05) is 30.3 Å². The summed E-state index contributed by atoms with van der Waals surface area (Å²) in [4.78, 5) is 25.2. The van der Waals surface area contributed by atoms with E-state index in [4.69, 9.17) is 4.42 Å². The van der Waals surface area contributed by atoms with Gasteiger partial charge in [-0.15, -0.1) is 0 Å². The maximum atomic E-state index is 12.7. The van der Waals surface area contributed by atoms with Crippen LogP contribution < -0.4 is 10.9 Å². The summed E-state index contributed by atoms with van der Waals surface area (Å²) >= 11 is 0. The van der Waals surface area contributed by atoms with Gasteiger partial charge in [0.1, 0.15) is 11.3 Å². The van der Waals surface area contributed by atoms with Crippen LogP contribution in [0.25, 0.3) is 0 Å². The summed E-state index contributed by atoms with van der Waals surface area (Å²) in [5, 5.41) is 10.0. The number of amides is 1. The van der Waals surface area contributed by atoms with Crippen molar-refractivity contribution in [3.63, 3.8) is 0 Å². The van der Waals surface area contributed by atoms with Gasteiger partial charge in [0.15, 0.2) is 0 Å². The van der Waals surface area contributed by atoms with Gasteiger partial charge in [-0.3, -0.25) is 9.89 Å². The summed E-state index contributed by atoms with van der Waals surface area (Å²) in [5.41, 5.74) is 3.60. The monoisotopic (exact) mass is 377 g/mol. The predicted octanol–water partition coefficient (Wildman–Crippen LogP) is 2.74. The Labute approximate surface area is 163 Å². The minimum atomic E-state index is -0.571. The highest BCUT2D eigenvalue weighted by molar-refractivity contribution is 5.95. The number of hydrogen-bond donors (Lipinski definition) is 2. The Bertz CT molecular complexity index is 1040. The third kappa shape index (κ3) is 3.91. The SMILES string of the molecule is Cc1cc(CCc2ccccc2)oc(=O)c1C(=O)NC1CCc2cn[nH]c2C1. The predicted molar refractivity (Wildman–Crippen MR) is 105 cm³/mol. The van der Waals surface area contributed by atoms with Crippen molar-refractivity contribution in [2.24, 2.45) is 0 Å². The molecule has 2 heterocycles. The first-order valence-electron chi connectivity index (χ1n) is 9.59. The van der Waals surface area contributed by atoms with Crippen LogP contribution in [-0.2, 0) is 25.7 Å². The number of hydrogen-bond acceptors (Lipinski definition) is 4. The minimum Gasteiger partial charge on any atom is -0.427 e. The average Bonchev–Trinajstić information content (AvgIpc) is 3.14. The van der Waals surface area contributed by atoms with E-state index >= 15 is 0 Å². The van der Waals surface area contributed by atoms with Crippen molar-refractivity contribution in [2.45, 2.75) is 45.1 Å². The van der Waals surface area contributed by atoms with Gasteiger partial charge in [0.25, 0.3) is 5.91 Å². The lowest BCUT2D eigenvalue weighted by molar-refractivity contribution is 0.0928. The van der Waals surface area contributed by atoms with E-state index in [1.54, 1.807) is 13.0 Å². The number of H-pyrrole nitrogens is 1. The van der Waals surface area contributed by atoms with Crippen molar-refractivity contribution in [3.05, 3.63) is 86.7 Å². The van der Waals surface area contributed by atoms with Gasteiger partial charge in [0.05, 0.1) is 6.20 Å².